The summed E-state index contributed by atoms with van der Waals surface area (Å²) < 4.78 is 40.1. The number of nitrogens with one attached hydrogen (secondary N) is 2. The van der Waals surface area contributed by atoms with Gasteiger partial charge in [0.1, 0.15) is 12.0 Å². The number of halogens is 3. The summed E-state index contributed by atoms with van der Waals surface area (Å²) in [5.41, 5.74) is 0.255. The molecule has 0 amide bonds. The molecule has 0 aliphatic rings. The summed E-state index contributed by atoms with van der Waals surface area (Å²) in [5, 5.41) is 12.2. The van der Waals surface area contributed by atoms with E-state index in [0.29, 0.717) is 12.1 Å². The number of nitrogens with zero attached hydrogens (tertiary/aromatic N) is 2. The first-order chi connectivity index (χ1) is 8.96. The van der Waals surface area contributed by atoms with Crippen molar-refractivity contribution in [3.05, 3.63) is 30.0 Å². The van der Waals surface area contributed by atoms with Crippen LogP contribution in [0.15, 0.2) is 24.4 Å². The standard InChI is InChI=1S/C10H7F3N4O2/c11-10(12,13)19-8-2-6(5-18)1-7(3-8)15-9-4-14-17-16-9/h1-5H,(H2,14,15,16,17). The van der Waals surface area contributed by atoms with Crippen molar-refractivity contribution in [3.8, 4) is 5.75 Å². The largest absolute Gasteiger partial charge is 0.573 e. The van der Waals surface area contributed by atoms with Gasteiger partial charge in [-0.15, -0.1) is 18.3 Å². The molecule has 0 spiro atoms. The van der Waals surface area contributed by atoms with Gasteiger partial charge in [-0.3, -0.25) is 4.79 Å². The first-order valence-electron chi connectivity index (χ1n) is 4.95. The van der Waals surface area contributed by atoms with Crippen molar-refractivity contribution in [1.29, 1.82) is 0 Å². The summed E-state index contributed by atoms with van der Waals surface area (Å²) in [5.74, 6) is -0.205. The quantitative estimate of drug-likeness (QED) is 0.834. The minimum Gasteiger partial charge on any atom is -0.406 e. The zero-order valence-electron chi connectivity index (χ0n) is 9.23. The fourth-order valence-corrected chi connectivity index (χ4v) is 1.36. The molecule has 0 aliphatic heterocycles. The van der Waals surface area contributed by atoms with Gasteiger partial charge in [0.15, 0.2) is 5.82 Å². The predicted molar refractivity (Wildman–Crippen MR) is 58.2 cm³/mol. The van der Waals surface area contributed by atoms with Crippen LogP contribution in [0.4, 0.5) is 24.7 Å². The molecule has 1 aromatic heterocycles. The Morgan fingerprint density at radius 1 is 1.32 bits per heavy atom. The fourth-order valence-electron chi connectivity index (χ4n) is 1.36. The third-order valence-electron chi connectivity index (χ3n) is 1.99. The average molecular weight is 272 g/mol. The van der Waals surface area contributed by atoms with Gasteiger partial charge in [0.2, 0.25) is 0 Å². The van der Waals surface area contributed by atoms with Crippen LogP contribution in [0, 0.1) is 0 Å². The van der Waals surface area contributed by atoms with Crippen LogP contribution in [0.3, 0.4) is 0 Å². The topological polar surface area (TPSA) is 79.9 Å². The van der Waals surface area contributed by atoms with Crippen LogP contribution in [0.1, 0.15) is 10.4 Å². The van der Waals surface area contributed by atoms with Gasteiger partial charge in [0.25, 0.3) is 0 Å². The number of carbonyl (C=O) groups is 1. The molecular formula is C10H7F3N4O2. The zero-order chi connectivity index (χ0) is 13.9. The summed E-state index contributed by atoms with van der Waals surface area (Å²) in [4.78, 5) is 10.7. The number of aromatic nitrogens is 3. The number of benzene rings is 1. The average Bonchev–Trinajstić information content (AvgIpc) is 2.79. The molecule has 1 aromatic carbocycles. The van der Waals surface area contributed by atoms with Gasteiger partial charge in [-0.1, -0.05) is 0 Å². The number of anilines is 2. The van der Waals surface area contributed by atoms with Gasteiger partial charge in [0, 0.05) is 17.3 Å². The maximum Gasteiger partial charge on any atom is 0.573 e. The lowest BCUT2D eigenvalue weighted by Crippen LogP contribution is -2.17. The lowest BCUT2D eigenvalue weighted by atomic mass is 10.2. The Balaban J connectivity index is 2.28. The Morgan fingerprint density at radius 2 is 2.11 bits per heavy atom. The second-order valence-electron chi connectivity index (χ2n) is 3.44. The molecule has 0 saturated carbocycles. The molecule has 0 saturated heterocycles. The number of ether oxygens (including phenoxy) is 1. The molecule has 0 atom stereocenters. The van der Waals surface area contributed by atoms with Crippen molar-refractivity contribution in [2.45, 2.75) is 6.36 Å². The molecular weight excluding hydrogens is 265 g/mol. The van der Waals surface area contributed by atoms with Gasteiger partial charge >= 0.3 is 6.36 Å². The maximum absolute atomic E-state index is 12.1. The van der Waals surface area contributed by atoms with Crippen molar-refractivity contribution in [2.24, 2.45) is 0 Å². The summed E-state index contributed by atoms with van der Waals surface area (Å²) in [6.07, 6.45) is -3.08. The monoisotopic (exact) mass is 272 g/mol. The van der Waals surface area contributed by atoms with Crippen molar-refractivity contribution in [1.82, 2.24) is 15.4 Å². The molecule has 100 valence electrons. The second kappa shape index (κ2) is 4.96. The Bertz CT molecular complexity index is 569. The van der Waals surface area contributed by atoms with Crippen molar-refractivity contribution >= 4 is 17.8 Å². The molecule has 6 nitrogen and oxygen atoms in total. The Labute approximate surface area is 104 Å². The van der Waals surface area contributed by atoms with E-state index >= 15 is 0 Å². The molecule has 0 fully saturated rings. The molecule has 19 heavy (non-hydrogen) atoms. The first-order valence-corrected chi connectivity index (χ1v) is 4.95. The molecule has 2 N–H and O–H groups in total. The zero-order valence-corrected chi connectivity index (χ0v) is 9.23. The van der Waals surface area contributed by atoms with Gasteiger partial charge < -0.3 is 10.1 Å². The van der Waals surface area contributed by atoms with Crippen LogP contribution < -0.4 is 10.1 Å². The van der Waals surface area contributed by atoms with Gasteiger partial charge in [-0.25, -0.2) is 0 Å². The molecule has 0 bridgehead atoms. The highest BCUT2D eigenvalue weighted by molar-refractivity contribution is 5.79. The summed E-state index contributed by atoms with van der Waals surface area (Å²) in [6, 6.07) is 3.43. The maximum atomic E-state index is 12.1. The van der Waals surface area contributed by atoms with E-state index in [0.717, 1.165) is 12.1 Å². The minimum absolute atomic E-state index is 0.0349. The Kier molecular flexibility index (Phi) is 3.36. The number of aldehydes is 1. The van der Waals surface area contributed by atoms with Crippen LogP contribution in [-0.2, 0) is 0 Å². The lowest BCUT2D eigenvalue weighted by Gasteiger charge is -2.11. The summed E-state index contributed by atoms with van der Waals surface area (Å²) in [6.45, 7) is 0. The number of hydrogen-bond acceptors (Lipinski definition) is 5. The van der Waals surface area contributed by atoms with E-state index in [-0.39, 0.29) is 11.3 Å². The highest BCUT2D eigenvalue weighted by atomic mass is 19.4. The van der Waals surface area contributed by atoms with Crippen molar-refractivity contribution in [3.63, 3.8) is 0 Å². The molecule has 2 aromatic rings. The van der Waals surface area contributed by atoms with Crippen molar-refractivity contribution < 1.29 is 22.7 Å². The number of H-pyrrole nitrogens is 1. The predicted octanol–water partition coefficient (Wildman–Crippen LogP) is 2.26. The highest BCUT2D eigenvalue weighted by Crippen LogP contribution is 2.27. The lowest BCUT2D eigenvalue weighted by molar-refractivity contribution is -0.274. The number of rotatable bonds is 4. The number of alkyl halides is 3. The van der Waals surface area contributed by atoms with E-state index in [2.05, 4.69) is 25.5 Å². The number of aromatic amines is 1. The SMILES string of the molecule is O=Cc1cc(Nc2cn[nH]n2)cc(OC(F)(F)F)c1. The molecule has 0 radical (unpaired) electrons. The smallest absolute Gasteiger partial charge is 0.406 e. The third kappa shape index (κ3) is 3.69. The summed E-state index contributed by atoms with van der Waals surface area (Å²) in [7, 11) is 0. The molecule has 0 unspecified atom stereocenters. The van der Waals surface area contributed by atoms with Crippen LogP contribution >= 0.6 is 0 Å². The second-order valence-corrected chi connectivity index (χ2v) is 3.44. The molecule has 2 rings (SSSR count). The fraction of sp³-hybridized carbons (Fsp3) is 0.100. The van der Waals surface area contributed by atoms with Crippen molar-refractivity contribution in [2.75, 3.05) is 5.32 Å². The van der Waals surface area contributed by atoms with Gasteiger partial charge in [0.05, 0.1) is 6.20 Å². The Hall–Kier alpha value is -2.58. The van der Waals surface area contributed by atoms with Crippen LogP contribution in [0.25, 0.3) is 0 Å². The Morgan fingerprint density at radius 3 is 2.68 bits per heavy atom. The molecule has 1 heterocycles. The highest BCUT2D eigenvalue weighted by Gasteiger charge is 2.31. The normalized spacial score (nSPS) is 11.1. The number of hydrogen-bond donors (Lipinski definition) is 2. The summed E-state index contributed by atoms with van der Waals surface area (Å²) >= 11 is 0. The first kappa shape index (κ1) is 12.9. The van der Waals surface area contributed by atoms with Crippen LogP contribution in [0.2, 0.25) is 0 Å². The van der Waals surface area contributed by atoms with Crippen LogP contribution in [-0.4, -0.2) is 28.1 Å². The number of carbonyl (C=O) groups excluding carboxylic acids is 1. The van der Waals surface area contributed by atoms with E-state index in [9.17, 15) is 18.0 Å². The van der Waals surface area contributed by atoms with E-state index < -0.39 is 12.1 Å². The molecule has 9 heteroatoms. The third-order valence-corrected chi connectivity index (χ3v) is 1.99. The van der Waals surface area contributed by atoms with E-state index in [1.165, 1.54) is 12.3 Å². The van der Waals surface area contributed by atoms with E-state index in [4.69, 9.17) is 0 Å². The van der Waals surface area contributed by atoms with Crippen LogP contribution in [0.5, 0.6) is 5.75 Å². The van der Waals surface area contributed by atoms with Gasteiger partial charge in [-0.2, -0.15) is 10.3 Å². The van der Waals surface area contributed by atoms with E-state index in [1.54, 1.807) is 0 Å². The minimum atomic E-state index is -4.83. The van der Waals surface area contributed by atoms with Gasteiger partial charge in [-0.05, 0) is 12.1 Å². The molecule has 0 aliphatic carbocycles. The van der Waals surface area contributed by atoms with E-state index in [1.807, 2.05) is 0 Å².